The summed E-state index contributed by atoms with van der Waals surface area (Å²) in [4.78, 5) is 24.2. The Kier molecular flexibility index (Phi) is 3.80. The van der Waals surface area contributed by atoms with Crippen LogP contribution < -0.4 is 0 Å². The highest BCUT2D eigenvalue weighted by Gasteiger charge is 2.42. The number of nitrogens with zero attached hydrogens (tertiary/aromatic N) is 2. The molecule has 0 radical (unpaired) electrons. The van der Waals surface area contributed by atoms with Crippen molar-refractivity contribution in [2.75, 3.05) is 19.7 Å². The molecule has 7 nitrogen and oxygen atoms in total. The summed E-state index contributed by atoms with van der Waals surface area (Å²) < 4.78 is 10.3. The lowest BCUT2D eigenvalue weighted by Crippen LogP contribution is -2.63. The maximum absolute atomic E-state index is 12.1. The quantitative estimate of drug-likeness (QED) is 0.847. The first-order valence-electron chi connectivity index (χ1n) is 6.36. The maximum atomic E-state index is 12.1. The lowest BCUT2D eigenvalue weighted by Gasteiger charge is -2.47. The molecule has 1 aromatic rings. The molecule has 2 heterocycles. The molecule has 1 aliphatic rings. The fourth-order valence-corrected chi connectivity index (χ4v) is 2.28. The van der Waals surface area contributed by atoms with Gasteiger partial charge < -0.3 is 19.3 Å². The highest BCUT2D eigenvalue weighted by Crippen LogP contribution is 2.26. The molecule has 110 valence electrons. The molecule has 0 unspecified atom stereocenters. The molecule has 0 spiro atoms. The van der Waals surface area contributed by atoms with Crippen molar-refractivity contribution in [2.45, 2.75) is 32.8 Å². The number of hydrogen-bond donors (Lipinski definition) is 1. The van der Waals surface area contributed by atoms with Crippen LogP contribution in [0, 0.1) is 13.8 Å². The Morgan fingerprint density at radius 2 is 2.10 bits per heavy atom. The SMILES string of the molecule is Cc1noc(C)c1CC(=O)N1CC(C)(OCC(=O)O)C1. The van der Waals surface area contributed by atoms with Gasteiger partial charge in [-0.15, -0.1) is 0 Å². The Morgan fingerprint density at radius 1 is 1.45 bits per heavy atom. The third-order valence-electron chi connectivity index (χ3n) is 3.46. The largest absolute Gasteiger partial charge is 0.480 e. The molecular formula is C13H18N2O5. The van der Waals surface area contributed by atoms with Crippen LogP contribution in [0.2, 0.25) is 0 Å². The summed E-state index contributed by atoms with van der Waals surface area (Å²) in [7, 11) is 0. The van der Waals surface area contributed by atoms with Crippen molar-refractivity contribution in [3.63, 3.8) is 0 Å². The van der Waals surface area contributed by atoms with Gasteiger partial charge in [-0.1, -0.05) is 5.16 Å². The second-order valence-electron chi connectivity index (χ2n) is 5.36. The Hall–Kier alpha value is -1.89. The Morgan fingerprint density at radius 3 is 2.60 bits per heavy atom. The standard InChI is InChI=1S/C13H18N2O5/c1-8-10(9(2)20-14-8)4-11(16)15-6-13(3,7-15)19-5-12(17)18/h4-7H2,1-3H3,(H,17,18). The van der Waals surface area contributed by atoms with E-state index in [9.17, 15) is 9.59 Å². The number of carboxylic acid groups (broad SMARTS) is 1. The number of aliphatic carboxylic acids is 1. The highest BCUT2D eigenvalue weighted by atomic mass is 16.5. The molecule has 1 aliphatic heterocycles. The Labute approximate surface area is 116 Å². The normalized spacial score (nSPS) is 16.9. The van der Waals surface area contributed by atoms with Crippen LogP contribution in [0.5, 0.6) is 0 Å². The summed E-state index contributed by atoms with van der Waals surface area (Å²) in [6, 6.07) is 0. The number of hydrogen-bond acceptors (Lipinski definition) is 5. The molecule has 0 saturated carbocycles. The predicted octanol–water partition coefficient (Wildman–Crippen LogP) is 0.536. The number of likely N-dealkylation sites (tertiary alicyclic amines) is 1. The van der Waals surface area contributed by atoms with Crippen molar-refractivity contribution >= 4 is 11.9 Å². The summed E-state index contributed by atoms with van der Waals surface area (Å²) in [5.41, 5.74) is 0.976. The molecule has 1 N–H and O–H groups in total. The van der Waals surface area contributed by atoms with Crippen LogP contribution in [0.1, 0.15) is 23.9 Å². The van der Waals surface area contributed by atoms with E-state index in [1.165, 1.54) is 0 Å². The van der Waals surface area contributed by atoms with Gasteiger partial charge in [-0.05, 0) is 20.8 Å². The topological polar surface area (TPSA) is 92.9 Å². The van der Waals surface area contributed by atoms with Gasteiger partial charge in [0.2, 0.25) is 5.91 Å². The molecule has 0 aliphatic carbocycles. The van der Waals surface area contributed by atoms with E-state index >= 15 is 0 Å². The first-order valence-corrected chi connectivity index (χ1v) is 6.36. The summed E-state index contributed by atoms with van der Waals surface area (Å²) in [6.07, 6.45) is 0.246. The summed E-state index contributed by atoms with van der Waals surface area (Å²) in [5, 5.41) is 12.4. The van der Waals surface area contributed by atoms with Crippen molar-refractivity contribution < 1.29 is 24.0 Å². The van der Waals surface area contributed by atoms with Gasteiger partial charge in [0.1, 0.15) is 18.0 Å². The average molecular weight is 282 g/mol. The van der Waals surface area contributed by atoms with E-state index in [-0.39, 0.29) is 18.9 Å². The van der Waals surface area contributed by atoms with E-state index in [2.05, 4.69) is 5.16 Å². The van der Waals surface area contributed by atoms with Crippen LogP contribution in [-0.4, -0.2) is 52.3 Å². The number of amides is 1. The first-order chi connectivity index (χ1) is 9.31. The van der Waals surface area contributed by atoms with E-state index in [4.69, 9.17) is 14.4 Å². The summed E-state index contributed by atoms with van der Waals surface area (Å²) in [5.74, 6) is -0.385. The van der Waals surface area contributed by atoms with Gasteiger partial charge in [0, 0.05) is 5.56 Å². The molecule has 0 aromatic carbocycles. The molecule has 0 bridgehead atoms. The predicted molar refractivity (Wildman–Crippen MR) is 68.3 cm³/mol. The number of carbonyl (C=O) groups excluding carboxylic acids is 1. The fraction of sp³-hybridized carbons (Fsp3) is 0.615. The van der Waals surface area contributed by atoms with E-state index in [1.807, 2.05) is 0 Å². The van der Waals surface area contributed by atoms with Crippen molar-refractivity contribution in [1.82, 2.24) is 10.1 Å². The van der Waals surface area contributed by atoms with Crippen molar-refractivity contribution in [3.8, 4) is 0 Å². The fourth-order valence-electron chi connectivity index (χ4n) is 2.28. The van der Waals surface area contributed by atoms with Gasteiger partial charge >= 0.3 is 5.97 Å². The Bertz CT molecular complexity index is 511. The third kappa shape index (κ3) is 2.98. The van der Waals surface area contributed by atoms with Gasteiger partial charge in [-0.2, -0.15) is 0 Å². The van der Waals surface area contributed by atoms with Crippen LogP contribution in [0.3, 0.4) is 0 Å². The summed E-state index contributed by atoms with van der Waals surface area (Å²) >= 11 is 0. The minimum atomic E-state index is -1.01. The van der Waals surface area contributed by atoms with Crippen LogP contribution >= 0.6 is 0 Å². The van der Waals surface area contributed by atoms with Gasteiger partial charge in [-0.25, -0.2) is 4.79 Å². The van der Waals surface area contributed by atoms with Crippen LogP contribution in [0.15, 0.2) is 4.52 Å². The smallest absolute Gasteiger partial charge is 0.329 e. The Balaban J connectivity index is 1.86. The zero-order chi connectivity index (χ0) is 14.9. The lowest BCUT2D eigenvalue weighted by atomic mass is 9.95. The number of ether oxygens (including phenoxy) is 1. The second kappa shape index (κ2) is 5.24. The minimum absolute atomic E-state index is 0.0317. The molecule has 2 rings (SSSR count). The van der Waals surface area contributed by atoms with Gasteiger partial charge in [-0.3, -0.25) is 4.79 Å². The number of rotatable bonds is 5. The van der Waals surface area contributed by atoms with Gasteiger partial charge in [0.05, 0.1) is 25.2 Å². The van der Waals surface area contributed by atoms with E-state index in [0.717, 1.165) is 11.3 Å². The third-order valence-corrected chi connectivity index (χ3v) is 3.46. The van der Waals surface area contributed by atoms with Crippen LogP contribution in [-0.2, 0) is 20.7 Å². The van der Waals surface area contributed by atoms with E-state index in [0.29, 0.717) is 18.8 Å². The minimum Gasteiger partial charge on any atom is -0.480 e. The van der Waals surface area contributed by atoms with E-state index in [1.54, 1.807) is 25.7 Å². The molecule has 0 atom stereocenters. The molecule has 7 heteroatoms. The number of carbonyl (C=O) groups is 2. The molecule has 1 saturated heterocycles. The van der Waals surface area contributed by atoms with Crippen molar-refractivity contribution in [3.05, 3.63) is 17.0 Å². The first kappa shape index (κ1) is 14.5. The van der Waals surface area contributed by atoms with Crippen LogP contribution in [0.25, 0.3) is 0 Å². The summed E-state index contributed by atoms with van der Waals surface area (Å²) in [6.45, 7) is 5.84. The lowest BCUT2D eigenvalue weighted by molar-refractivity contribution is -0.172. The number of aryl methyl sites for hydroxylation is 2. The monoisotopic (exact) mass is 282 g/mol. The number of aromatic nitrogens is 1. The second-order valence-corrected chi connectivity index (χ2v) is 5.36. The molecular weight excluding hydrogens is 264 g/mol. The van der Waals surface area contributed by atoms with Gasteiger partial charge in [0.15, 0.2) is 0 Å². The zero-order valence-electron chi connectivity index (χ0n) is 11.8. The molecule has 20 heavy (non-hydrogen) atoms. The van der Waals surface area contributed by atoms with Crippen molar-refractivity contribution in [2.24, 2.45) is 0 Å². The van der Waals surface area contributed by atoms with E-state index < -0.39 is 11.6 Å². The molecule has 1 amide bonds. The van der Waals surface area contributed by atoms with Crippen molar-refractivity contribution in [1.29, 1.82) is 0 Å². The van der Waals surface area contributed by atoms with Crippen LogP contribution in [0.4, 0.5) is 0 Å². The highest BCUT2D eigenvalue weighted by molar-refractivity contribution is 5.80. The number of carboxylic acids is 1. The molecule has 1 aromatic heterocycles. The van der Waals surface area contributed by atoms with Gasteiger partial charge in [0.25, 0.3) is 0 Å². The zero-order valence-corrected chi connectivity index (χ0v) is 11.8. The maximum Gasteiger partial charge on any atom is 0.329 e. The molecule has 1 fully saturated rings. The average Bonchev–Trinajstić information content (AvgIpc) is 2.64.